The number of nitrogens with one attached hydrogen (secondary N) is 2. The van der Waals surface area contributed by atoms with Crippen molar-refractivity contribution >= 4 is 55.5 Å². The van der Waals surface area contributed by atoms with Gasteiger partial charge in [-0.25, -0.2) is 15.0 Å². The van der Waals surface area contributed by atoms with Crippen LogP contribution in [0.1, 0.15) is 19.4 Å². The van der Waals surface area contributed by atoms with Gasteiger partial charge in [-0.3, -0.25) is 0 Å². The van der Waals surface area contributed by atoms with Crippen LogP contribution in [0.4, 0.5) is 5.95 Å². The van der Waals surface area contributed by atoms with Gasteiger partial charge in [0.05, 0.1) is 21.9 Å². The summed E-state index contributed by atoms with van der Waals surface area (Å²) in [5.74, 6) is 0.712. The molecule has 0 aliphatic rings. The Labute approximate surface area is 184 Å². The van der Waals surface area contributed by atoms with Gasteiger partial charge in [0.15, 0.2) is 0 Å². The van der Waals surface area contributed by atoms with Crippen LogP contribution in [0.15, 0.2) is 54.7 Å². The predicted octanol–water partition coefficient (Wildman–Crippen LogP) is 3.82. The summed E-state index contributed by atoms with van der Waals surface area (Å²) in [5, 5.41) is 3.85. The Balaban J connectivity index is 1.77. The lowest BCUT2D eigenvalue weighted by Crippen LogP contribution is -2.23. The number of nitrogens with zero attached hydrogens (tertiary/aromatic N) is 4. The molecule has 6 aromatic rings. The van der Waals surface area contributed by atoms with E-state index < -0.39 is 0 Å². The number of para-hydroxylation sites is 2. The Hall–Kier alpha value is -4.13. The minimum atomic E-state index is 0.618. The molecular weight excluding hydrogens is 398 g/mol. The van der Waals surface area contributed by atoms with E-state index in [0.29, 0.717) is 11.6 Å². The lowest BCUT2D eigenvalue weighted by Gasteiger charge is -2.15. The van der Waals surface area contributed by atoms with Crippen LogP contribution in [0.5, 0.6) is 0 Å². The van der Waals surface area contributed by atoms with Gasteiger partial charge in [-0.1, -0.05) is 36.4 Å². The lowest BCUT2D eigenvalue weighted by molar-refractivity contribution is 0.835. The molecule has 32 heavy (non-hydrogen) atoms. The molecule has 0 unspecified atom stereocenters. The third kappa shape index (κ3) is 2.57. The third-order valence-corrected chi connectivity index (χ3v) is 6.20. The van der Waals surface area contributed by atoms with Crippen molar-refractivity contribution in [3.8, 4) is 0 Å². The number of fused-ring (bicyclic) bond motifs is 6. The van der Waals surface area contributed by atoms with Crippen molar-refractivity contribution in [2.45, 2.75) is 13.8 Å². The Morgan fingerprint density at radius 2 is 1.62 bits per heavy atom. The van der Waals surface area contributed by atoms with E-state index in [1.165, 1.54) is 0 Å². The van der Waals surface area contributed by atoms with Crippen molar-refractivity contribution in [1.82, 2.24) is 24.9 Å². The summed E-state index contributed by atoms with van der Waals surface area (Å²) in [6.07, 6.45) is 1.94. The van der Waals surface area contributed by atoms with E-state index in [1.54, 1.807) is 0 Å². The summed E-state index contributed by atoms with van der Waals surface area (Å²) in [6, 6.07) is 16.3. The van der Waals surface area contributed by atoms with E-state index >= 15 is 0 Å². The van der Waals surface area contributed by atoms with E-state index in [-0.39, 0.29) is 0 Å². The number of nitrogens with two attached hydrogens (primary N) is 1. The Morgan fingerprint density at radius 3 is 2.44 bits per heavy atom. The van der Waals surface area contributed by atoms with Crippen LogP contribution in [0.2, 0.25) is 0 Å². The number of hydrogen-bond donors (Lipinski definition) is 3. The number of rotatable bonds is 4. The topological polar surface area (TPSA) is 99.5 Å². The first kappa shape index (κ1) is 18.6. The summed E-state index contributed by atoms with van der Waals surface area (Å²) in [5.41, 5.74) is 12.7. The number of hydrogen-bond acceptors (Lipinski definition) is 5. The summed E-state index contributed by atoms with van der Waals surface area (Å²) >= 11 is 0. The van der Waals surface area contributed by atoms with E-state index in [4.69, 9.17) is 20.7 Å². The maximum Gasteiger partial charge on any atom is 0.226 e. The van der Waals surface area contributed by atoms with Crippen molar-refractivity contribution in [3.05, 3.63) is 65.6 Å². The van der Waals surface area contributed by atoms with Crippen LogP contribution < -0.4 is 16.0 Å². The molecule has 0 saturated heterocycles. The maximum absolute atomic E-state index is 6.78. The first-order valence-electron chi connectivity index (χ1n) is 10.9. The monoisotopic (exact) mass is 421 g/mol. The van der Waals surface area contributed by atoms with Crippen molar-refractivity contribution in [3.63, 3.8) is 0 Å². The number of benzene rings is 2. The van der Waals surface area contributed by atoms with Crippen LogP contribution in [0.3, 0.4) is 0 Å². The summed E-state index contributed by atoms with van der Waals surface area (Å²) < 4.78 is 0. The number of anilines is 1. The Kier molecular flexibility index (Phi) is 4.04. The van der Waals surface area contributed by atoms with Gasteiger partial charge in [-0.05, 0) is 26.0 Å². The van der Waals surface area contributed by atoms with Gasteiger partial charge in [0.25, 0.3) is 0 Å². The van der Waals surface area contributed by atoms with Gasteiger partial charge in [-0.2, -0.15) is 0 Å². The summed E-state index contributed by atoms with van der Waals surface area (Å²) in [4.78, 5) is 23.7. The van der Waals surface area contributed by atoms with E-state index in [1.807, 2.05) is 42.6 Å². The highest BCUT2D eigenvalue weighted by Gasteiger charge is 2.19. The zero-order valence-electron chi connectivity index (χ0n) is 18.0. The second-order valence-electron chi connectivity index (χ2n) is 7.91. The second kappa shape index (κ2) is 6.95. The molecule has 2 aromatic carbocycles. The minimum Gasteiger partial charge on any atom is -0.396 e. The standard InChI is InChI=1S/C25H23N7/c1-3-32(4-2)25-30-21-19-15-10-6-8-12-18(15)28-24(19)29-22(23(21)31-25)20(26)16-13-27-17-11-7-5-9-14(16)17/h5-13,27H,3-4,26H2,1-2H3,(H,28,29). The summed E-state index contributed by atoms with van der Waals surface area (Å²) in [7, 11) is 0. The van der Waals surface area contributed by atoms with Crippen molar-refractivity contribution in [2.75, 3.05) is 18.0 Å². The Morgan fingerprint density at radius 1 is 0.906 bits per heavy atom. The zero-order chi connectivity index (χ0) is 21.8. The molecule has 4 aromatic heterocycles. The zero-order valence-corrected chi connectivity index (χ0v) is 18.0. The predicted molar refractivity (Wildman–Crippen MR) is 130 cm³/mol. The highest BCUT2D eigenvalue weighted by atomic mass is 15.3. The maximum atomic E-state index is 6.78. The quantitative estimate of drug-likeness (QED) is 0.402. The fourth-order valence-corrected chi connectivity index (χ4v) is 4.55. The Bertz CT molecular complexity index is 1670. The molecule has 0 radical (unpaired) electrons. The molecule has 0 atom stereocenters. The van der Waals surface area contributed by atoms with Gasteiger partial charge in [-0.15, -0.1) is 0 Å². The van der Waals surface area contributed by atoms with E-state index in [2.05, 4.69) is 40.8 Å². The minimum absolute atomic E-state index is 0.618. The lowest BCUT2D eigenvalue weighted by atomic mass is 10.1. The van der Waals surface area contributed by atoms with E-state index in [9.17, 15) is 0 Å². The number of aromatic nitrogens is 5. The normalized spacial score (nSPS) is 12.9. The SMILES string of the molecule is CCN(CC)c1nc2c(=C(N)c3c[nH]c4ccccc34)[nH]c3nc4ccccc4c3c2n1. The molecule has 7 nitrogen and oxygen atoms in total. The molecule has 0 fully saturated rings. The third-order valence-electron chi connectivity index (χ3n) is 6.20. The number of H-pyrrole nitrogens is 2. The average molecular weight is 422 g/mol. The first-order chi connectivity index (χ1) is 15.7. The van der Waals surface area contributed by atoms with E-state index in [0.717, 1.165) is 67.9 Å². The van der Waals surface area contributed by atoms with Crippen molar-refractivity contribution in [1.29, 1.82) is 0 Å². The molecule has 0 aliphatic heterocycles. The molecule has 0 amide bonds. The van der Waals surface area contributed by atoms with Gasteiger partial charge in [0.2, 0.25) is 5.95 Å². The van der Waals surface area contributed by atoms with Crippen LogP contribution in [-0.2, 0) is 0 Å². The molecular formula is C25H23N7. The smallest absolute Gasteiger partial charge is 0.226 e. The summed E-state index contributed by atoms with van der Waals surface area (Å²) in [6.45, 7) is 5.88. The fourth-order valence-electron chi connectivity index (χ4n) is 4.55. The van der Waals surface area contributed by atoms with Crippen LogP contribution in [0.25, 0.3) is 49.6 Å². The molecule has 6 rings (SSSR count). The van der Waals surface area contributed by atoms with Gasteiger partial charge >= 0.3 is 0 Å². The van der Waals surface area contributed by atoms with Crippen LogP contribution >= 0.6 is 0 Å². The highest BCUT2D eigenvalue weighted by molar-refractivity contribution is 6.17. The van der Waals surface area contributed by atoms with Crippen molar-refractivity contribution < 1.29 is 0 Å². The first-order valence-corrected chi connectivity index (χ1v) is 10.9. The number of imidazole rings is 1. The molecule has 0 saturated carbocycles. The molecule has 4 heterocycles. The largest absolute Gasteiger partial charge is 0.396 e. The number of pyridine rings is 1. The van der Waals surface area contributed by atoms with Gasteiger partial charge < -0.3 is 20.6 Å². The molecule has 158 valence electrons. The molecule has 0 aliphatic carbocycles. The average Bonchev–Trinajstić information content (AvgIpc) is 3.53. The van der Waals surface area contributed by atoms with Crippen molar-refractivity contribution in [2.24, 2.45) is 5.73 Å². The molecule has 0 bridgehead atoms. The molecule has 0 spiro atoms. The van der Waals surface area contributed by atoms with Crippen LogP contribution in [0, 0.1) is 0 Å². The number of aromatic amines is 2. The van der Waals surface area contributed by atoms with Gasteiger partial charge in [0, 0.05) is 41.1 Å². The molecule has 4 N–H and O–H groups in total. The van der Waals surface area contributed by atoms with Gasteiger partial charge in [0.1, 0.15) is 16.7 Å². The highest BCUT2D eigenvalue weighted by Crippen LogP contribution is 2.30. The second-order valence-corrected chi connectivity index (χ2v) is 7.91. The fraction of sp³-hybridized carbons (Fsp3) is 0.160. The van der Waals surface area contributed by atoms with Crippen LogP contribution in [-0.4, -0.2) is 38.0 Å². The molecule has 7 heteroatoms.